The van der Waals surface area contributed by atoms with Crippen LogP contribution in [0.3, 0.4) is 0 Å². The summed E-state index contributed by atoms with van der Waals surface area (Å²) in [4.78, 5) is 5.29. The summed E-state index contributed by atoms with van der Waals surface area (Å²) in [5.74, 6) is 1.77. The third-order valence-electron chi connectivity index (χ3n) is 4.12. The number of hydrogen-bond acceptors (Lipinski definition) is 6. The van der Waals surface area contributed by atoms with Gasteiger partial charge in [-0.2, -0.15) is 4.98 Å². The SMILES string of the molecule is COc1cc(-c2nc3scc(-c4cccc(F)c4)n3n2)cc(OC)c1OC. The molecule has 0 unspecified atom stereocenters. The number of methoxy groups -OCH3 is 3. The van der Waals surface area contributed by atoms with E-state index < -0.39 is 0 Å². The molecule has 4 rings (SSSR count). The molecule has 4 aromatic rings. The number of benzene rings is 2. The number of ether oxygens (including phenoxy) is 3. The predicted octanol–water partition coefficient (Wildman–Crippen LogP) is 4.29. The van der Waals surface area contributed by atoms with Crippen LogP contribution in [0.5, 0.6) is 17.2 Å². The average Bonchev–Trinajstić information content (AvgIpc) is 3.27. The summed E-state index contributed by atoms with van der Waals surface area (Å²) in [5, 5.41) is 6.50. The molecule has 0 aliphatic carbocycles. The van der Waals surface area contributed by atoms with E-state index in [1.165, 1.54) is 23.5 Å². The minimum Gasteiger partial charge on any atom is -0.493 e. The summed E-state index contributed by atoms with van der Waals surface area (Å²) in [6, 6.07) is 9.99. The van der Waals surface area contributed by atoms with Crippen molar-refractivity contribution in [2.24, 2.45) is 0 Å². The molecule has 8 heteroatoms. The number of halogens is 1. The van der Waals surface area contributed by atoms with Gasteiger partial charge in [-0.05, 0) is 24.3 Å². The van der Waals surface area contributed by atoms with Crippen LogP contribution in [0.4, 0.5) is 4.39 Å². The topological polar surface area (TPSA) is 57.9 Å². The van der Waals surface area contributed by atoms with Crippen molar-refractivity contribution in [1.29, 1.82) is 0 Å². The molecule has 0 saturated carbocycles. The van der Waals surface area contributed by atoms with Gasteiger partial charge >= 0.3 is 0 Å². The summed E-state index contributed by atoms with van der Waals surface area (Å²) in [6.07, 6.45) is 0. The second-order valence-electron chi connectivity index (χ2n) is 5.68. The number of rotatable bonds is 5. The summed E-state index contributed by atoms with van der Waals surface area (Å²) in [5.41, 5.74) is 2.24. The maximum absolute atomic E-state index is 13.6. The number of hydrogen-bond donors (Lipinski definition) is 0. The van der Waals surface area contributed by atoms with Crippen molar-refractivity contribution >= 4 is 16.3 Å². The third kappa shape index (κ3) is 2.97. The van der Waals surface area contributed by atoms with Crippen molar-refractivity contribution in [2.45, 2.75) is 0 Å². The Morgan fingerprint density at radius 3 is 2.33 bits per heavy atom. The van der Waals surface area contributed by atoms with E-state index in [4.69, 9.17) is 14.2 Å². The van der Waals surface area contributed by atoms with Crippen molar-refractivity contribution in [2.75, 3.05) is 21.3 Å². The lowest BCUT2D eigenvalue weighted by atomic mass is 10.1. The van der Waals surface area contributed by atoms with E-state index in [9.17, 15) is 4.39 Å². The Balaban J connectivity index is 1.84. The zero-order valence-corrected chi connectivity index (χ0v) is 15.7. The van der Waals surface area contributed by atoms with Gasteiger partial charge < -0.3 is 14.2 Å². The number of fused-ring (bicyclic) bond motifs is 1. The molecule has 2 aromatic heterocycles. The standard InChI is InChI=1S/C19H16FN3O3S/c1-24-15-8-12(9-16(25-2)17(15)26-3)18-21-19-23(22-18)14(10-27-19)11-5-4-6-13(20)7-11/h4-10H,1-3H3. The maximum atomic E-state index is 13.6. The molecule has 0 atom stereocenters. The Morgan fingerprint density at radius 2 is 1.70 bits per heavy atom. The van der Waals surface area contributed by atoms with Gasteiger partial charge in [-0.3, -0.25) is 0 Å². The van der Waals surface area contributed by atoms with Gasteiger partial charge in [0.1, 0.15) is 5.82 Å². The van der Waals surface area contributed by atoms with E-state index in [1.54, 1.807) is 44.0 Å². The first kappa shape index (κ1) is 17.3. The fourth-order valence-corrected chi connectivity index (χ4v) is 3.69. The molecule has 0 N–H and O–H groups in total. The molecular formula is C19H16FN3O3S. The first-order valence-electron chi connectivity index (χ1n) is 8.05. The summed E-state index contributed by atoms with van der Waals surface area (Å²) in [6.45, 7) is 0. The molecule has 27 heavy (non-hydrogen) atoms. The third-order valence-corrected chi connectivity index (χ3v) is 4.94. The molecule has 0 bridgehead atoms. The second-order valence-corrected chi connectivity index (χ2v) is 6.51. The van der Waals surface area contributed by atoms with E-state index in [0.717, 1.165) is 16.8 Å². The fourth-order valence-electron chi connectivity index (χ4n) is 2.86. The van der Waals surface area contributed by atoms with Crippen molar-refractivity contribution in [1.82, 2.24) is 14.6 Å². The van der Waals surface area contributed by atoms with Gasteiger partial charge in [-0.1, -0.05) is 12.1 Å². The molecule has 0 spiro atoms. The van der Waals surface area contributed by atoms with Gasteiger partial charge in [0.05, 0.1) is 27.0 Å². The van der Waals surface area contributed by atoms with Gasteiger partial charge in [0.15, 0.2) is 17.3 Å². The Morgan fingerprint density at radius 1 is 0.963 bits per heavy atom. The van der Waals surface area contributed by atoms with Crippen molar-refractivity contribution in [3.8, 4) is 39.9 Å². The van der Waals surface area contributed by atoms with Crippen molar-refractivity contribution in [3.05, 3.63) is 47.6 Å². The first-order chi connectivity index (χ1) is 13.1. The highest BCUT2D eigenvalue weighted by Gasteiger charge is 2.18. The average molecular weight is 385 g/mol. The largest absolute Gasteiger partial charge is 0.493 e. The summed E-state index contributed by atoms with van der Waals surface area (Å²) in [7, 11) is 4.67. The monoisotopic (exact) mass is 385 g/mol. The van der Waals surface area contributed by atoms with Crippen molar-refractivity contribution in [3.63, 3.8) is 0 Å². The molecule has 0 amide bonds. The van der Waals surface area contributed by atoms with Crippen LogP contribution < -0.4 is 14.2 Å². The molecular weight excluding hydrogens is 369 g/mol. The van der Waals surface area contributed by atoms with E-state index in [2.05, 4.69) is 10.1 Å². The lowest BCUT2D eigenvalue weighted by Crippen LogP contribution is -1.96. The van der Waals surface area contributed by atoms with Crippen LogP contribution in [-0.4, -0.2) is 35.9 Å². The smallest absolute Gasteiger partial charge is 0.213 e. The molecule has 6 nitrogen and oxygen atoms in total. The summed E-state index contributed by atoms with van der Waals surface area (Å²) < 4.78 is 31.4. The molecule has 0 aliphatic rings. The quantitative estimate of drug-likeness (QED) is 0.513. The lowest BCUT2D eigenvalue weighted by molar-refractivity contribution is 0.324. The molecule has 2 heterocycles. The first-order valence-corrected chi connectivity index (χ1v) is 8.93. The molecule has 0 aliphatic heterocycles. The van der Waals surface area contributed by atoms with Crippen LogP contribution in [0.25, 0.3) is 27.6 Å². The normalized spacial score (nSPS) is 11.0. The van der Waals surface area contributed by atoms with Crippen LogP contribution in [0, 0.1) is 5.82 Å². The summed E-state index contributed by atoms with van der Waals surface area (Å²) >= 11 is 1.44. The van der Waals surface area contributed by atoms with Gasteiger partial charge in [-0.15, -0.1) is 16.4 Å². The van der Waals surface area contributed by atoms with Crippen LogP contribution in [0.1, 0.15) is 0 Å². The zero-order valence-electron chi connectivity index (χ0n) is 14.9. The Kier molecular flexibility index (Phi) is 4.41. The minimum atomic E-state index is -0.295. The van der Waals surface area contributed by atoms with Gasteiger partial charge in [-0.25, -0.2) is 8.91 Å². The second kappa shape index (κ2) is 6.88. The van der Waals surface area contributed by atoms with E-state index in [-0.39, 0.29) is 5.82 Å². The molecule has 138 valence electrons. The highest BCUT2D eigenvalue weighted by Crippen LogP contribution is 2.41. The van der Waals surface area contributed by atoms with E-state index in [1.807, 2.05) is 11.4 Å². The molecule has 0 saturated heterocycles. The van der Waals surface area contributed by atoms with Crippen LogP contribution in [0.2, 0.25) is 0 Å². The number of nitrogens with zero attached hydrogens (tertiary/aromatic N) is 3. The number of thiazole rings is 1. The fraction of sp³-hybridized carbons (Fsp3) is 0.158. The predicted molar refractivity (Wildman–Crippen MR) is 101 cm³/mol. The van der Waals surface area contributed by atoms with Gasteiger partial charge in [0.25, 0.3) is 0 Å². The van der Waals surface area contributed by atoms with Gasteiger partial charge in [0.2, 0.25) is 10.7 Å². The highest BCUT2D eigenvalue weighted by atomic mass is 32.1. The number of aromatic nitrogens is 3. The Labute approximate surface area is 158 Å². The molecule has 0 radical (unpaired) electrons. The van der Waals surface area contributed by atoms with Crippen molar-refractivity contribution < 1.29 is 18.6 Å². The Bertz CT molecular complexity index is 1100. The van der Waals surface area contributed by atoms with E-state index >= 15 is 0 Å². The van der Waals surface area contributed by atoms with Crippen LogP contribution in [0.15, 0.2) is 41.8 Å². The lowest BCUT2D eigenvalue weighted by Gasteiger charge is -2.12. The van der Waals surface area contributed by atoms with Crippen LogP contribution >= 0.6 is 11.3 Å². The Hall–Kier alpha value is -3.13. The van der Waals surface area contributed by atoms with Gasteiger partial charge in [0, 0.05) is 16.5 Å². The highest BCUT2D eigenvalue weighted by molar-refractivity contribution is 7.15. The zero-order chi connectivity index (χ0) is 19.0. The molecule has 0 fully saturated rings. The minimum absolute atomic E-state index is 0.295. The molecule has 2 aromatic carbocycles. The maximum Gasteiger partial charge on any atom is 0.213 e. The van der Waals surface area contributed by atoms with Crippen LogP contribution in [-0.2, 0) is 0 Å². The van der Waals surface area contributed by atoms with E-state index in [0.29, 0.717) is 28.0 Å².